The van der Waals surface area contributed by atoms with Gasteiger partial charge in [0.25, 0.3) is 0 Å². The van der Waals surface area contributed by atoms with E-state index in [4.69, 9.17) is 4.42 Å². The lowest BCUT2D eigenvalue weighted by Crippen LogP contribution is -2.74. The first kappa shape index (κ1) is 39.6. The van der Waals surface area contributed by atoms with Crippen molar-refractivity contribution >= 4 is 67.8 Å². The minimum absolute atomic E-state index is 0.120. The van der Waals surface area contributed by atoms with Gasteiger partial charge < -0.3 is 9.32 Å². The summed E-state index contributed by atoms with van der Waals surface area (Å²) < 4.78 is 6.16. The van der Waals surface area contributed by atoms with Crippen LogP contribution in [0, 0.1) is 0 Å². The average Bonchev–Trinajstić information content (AvgIpc) is 3.87. The molecule has 1 aliphatic rings. The minimum atomic E-state index is -2.62. The third-order valence-corrected chi connectivity index (χ3v) is 18.9. The highest BCUT2D eigenvalue weighted by atomic mass is 28.3. The van der Waals surface area contributed by atoms with Crippen LogP contribution in [0.1, 0.15) is 25.0 Å². The zero-order chi connectivity index (χ0) is 44.2. The highest BCUT2D eigenvalue weighted by Crippen LogP contribution is 2.50. The van der Waals surface area contributed by atoms with Crippen LogP contribution in [-0.2, 0) is 5.41 Å². The van der Waals surface area contributed by atoms with Gasteiger partial charge in [0, 0.05) is 33.2 Å². The van der Waals surface area contributed by atoms with Crippen LogP contribution in [0.5, 0.6) is 0 Å². The molecule has 0 N–H and O–H groups in total. The number of furan rings is 1. The predicted octanol–water partition coefficient (Wildman–Crippen LogP) is 14.1. The molecule has 0 saturated heterocycles. The minimum Gasteiger partial charge on any atom is -0.456 e. The van der Waals surface area contributed by atoms with Crippen LogP contribution in [0.2, 0.25) is 0 Å². The summed E-state index contributed by atoms with van der Waals surface area (Å²) >= 11 is 0. The lowest BCUT2D eigenvalue weighted by Gasteiger charge is -2.34. The molecule has 0 bridgehead atoms. The number of para-hydroxylation sites is 1. The molecule has 314 valence electrons. The lowest BCUT2D eigenvalue weighted by atomic mass is 9.82. The monoisotopic (exact) mass is 861 g/mol. The molecule has 0 saturated carbocycles. The fourth-order valence-corrected chi connectivity index (χ4v) is 15.5. The van der Waals surface area contributed by atoms with Crippen LogP contribution >= 0.6 is 0 Å². The van der Waals surface area contributed by atoms with Gasteiger partial charge in [0.1, 0.15) is 11.2 Å². The number of anilines is 3. The van der Waals surface area contributed by atoms with Crippen LogP contribution < -0.4 is 25.6 Å². The maximum Gasteiger partial charge on any atom is 0.179 e. The van der Waals surface area contributed by atoms with Crippen LogP contribution in [0.25, 0.3) is 55.3 Å². The summed E-state index contributed by atoms with van der Waals surface area (Å²) in [6.45, 7) is 4.71. The van der Waals surface area contributed by atoms with Gasteiger partial charge in [-0.1, -0.05) is 208 Å². The number of hydrogen-bond acceptors (Lipinski definition) is 2. The third-order valence-electron chi connectivity index (χ3n) is 14.1. The SMILES string of the molecule is CC1(C)c2ccccc2-c2ccc(N(c3ccc(-c4ccc([Si](c5ccccc5)(c5ccccc5)c5ccccc5)cc4)cc3)c3ccc(-c4ccc5oc6ccccc6c5c4)cc3)cc21. The molecule has 0 radical (unpaired) electrons. The average molecular weight is 862 g/mol. The number of benzene rings is 10. The Labute approximate surface area is 387 Å². The second-order valence-corrected chi connectivity index (χ2v) is 21.9. The molecule has 10 aromatic carbocycles. The van der Waals surface area contributed by atoms with Crippen LogP contribution in [0.4, 0.5) is 17.1 Å². The molecule has 0 atom stereocenters. The Bertz CT molecular complexity index is 3420. The van der Waals surface area contributed by atoms with Crippen molar-refractivity contribution in [3.05, 3.63) is 260 Å². The second kappa shape index (κ2) is 15.9. The fraction of sp³-hybridized carbons (Fsp3) is 0.0476. The van der Waals surface area contributed by atoms with E-state index in [9.17, 15) is 0 Å². The third kappa shape index (κ3) is 6.46. The van der Waals surface area contributed by atoms with E-state index < -0.39 is 8.07 Å². The van der Waals surface area contributed by atoms with E-state index >= 15 is 0 Å². The Morgan fingerprint density at radius 1 is 0.333 bits per heavy atom. The van der Waals surface area contributed by atoms with Gasteiger partial charge in [0.15, 0.2) is 8.07 Å². The molecule has 0 aliphatic heterocycles. The van der Waals surface area contributed by atoms with Crippen molar-refractivity contribution in [1.82, 2.24) is 0 Å². The topological polar surface area (TPSA) is 16.4 Å². The molecular formula is C63H47NOSi. The zero-order valence-electron chi connectivity index (χ0n) is 37.0. The van der Waals surface area contributed by atoms with Crippen LogP contribution in [0.3, 0.4) is 0 Å². The van der Waals surface area contributed by atoms with E-state index in [1.807, 2.05) is 12.1 Å². The van der Waals surface area contributed by atoms with Gasteiger partial charge in [0.2, 0.25) is 0 Å². The smallest absolute Gasteiger partial charge is 0.179 e. The van der Waals surface area contributed by atoms with E-state index in [0.717, 1.165) is 50.1 Å². The standard InChI is InChI=1S/C63H47NOSi/c1-63(2)59-24-14-12-22-55(59)56-40-37-50(43-60(56)63)64(49-35-28-46(29-36-49)47-32-41-62-58(42-47)57-23-13-15-25-61(57)65-62)48-33-26-44(27-34-48)45-30-38-54(39-31-45)66(51-16-6-3-7-17-51,52-18-8-4-9-19-52)53-20-10-5-11-21-53/h3-43H,1-2H3. The lowest BCUT2D eigenvalue weighted by molar-refractivity contribution is 0.660. The number of fused-ring (bicyclic) bond motifs is 6. The molecule has 0 unspecified atom stereocenters. The Morgan fingerprint density at radius 2 is 0.773 bits per heavy atom. The fourth-order valence-electron chi connectivity index (χ4n) is 10.8. The highest BCUT2D eigenvalue weighted by Gasteiger charge is 2.41. The van der Waals surface area contributed by atoms with Crippen molar-refractivity contribution in [2.75, 3.05) is 4.90 Å². The summed E-state index contributed by atoms with van der Waals surface area (Å²) in [7, 11) is -2.62. The van der Waals surface area contributed by atoms with Gasteiger partial charge in [-0.15, -0.1) is 0 Å². The first-order chi connectivity index (χ1) is 32.5. The van der Waals surface area contributed by atoms with Gasteiger partial charge >= 0.3 is 0 Å². The maximum atomic E-state index is 6.16. The quantitative estimate of drug-likeness (QED) is 0.106. The first-order valence-corrected chi connectivity index (χ1v) is 24.9. The Morgan fingerprint density at radius 3 is 1.38 bits per heavy atom. The number of nitrogens with zero attached hydrogens (tertiary/aromatic N) is 1. The van der Waals surface area contributed by atoms with E-state index in [2.05, 4.69) is 255 Å². The van der Waals surface area contributed by atoms with Crippen LogP contribution in [0.15, 0.2) is 253 Å². The van der Waals surface area contributed by atoms with Gasteiger partial charge in [-0.2, -0.15) is 0 Å². The van der Waals surface area contributed by atoms with E-state index in [-0.39, 0.29) is 5.41 Å². The molecular weight excluding hydrogens is 815 g/mol. The molecule has 2 nitrogen and oxygen atoms in total. The van der Waals surface area contributed by atoms with Gasteiger partial charge in [0.05, 0.1) is 0 Å². The van der Waals surface area contributed by atoms with Crippen molar-refractivity contribution in [3.8, 4) is 33.4 Å². The Hall–Kier alpha value is -7.98. The molecule has 11 aromatic rings. The van der Waals surface area contributed by atoms with Crippen molar-refractivity contribution in [3.63, 3.8) is 0 Å². The largest absolute Gasteiger partial charge is 0.456 e. The molecule has 1 heterocycles. The van der Waals surface area contributed by atoms with Crippen LogP contribution in [-0.4, -0.2) is 8.07 Å². The molecule has 66 heavy (non-hydrogen) atoms. The van der Waals surface area contributed by atoms with Crippen molar-refractivity contribution in [1.29, 1.82) is 0 Å². The molecule has 12 rings (SSSR count). The molecule has 0 fully saturated rings. The summed E-state index contributed by atoms with van der Waals surface area (Å²) in [4.78, 5) is 2.41. The highest BCUT2D eigenvalue weighted by molar-refractivity contribution is 7.19. The number of rotatable bonds is 9. The van der Waals surface area contributed by atoms with Crippen molar-refractivity contribution < 1.29 is 4.42 Å². The van der Waals surface area contributed by atoms with Crippen molar-refractivity contribution in [2.45, 2.75) is 19.3 Å². The van der Waals surface area contributed by atoms with E-state index in [1.54, 1.807) is 0 Å². The zero-order valence-corrected chi connectivity index (χ0v) is 38.0. The number of hydrogen-bond donors (Lipinski definition) is 0. The van der Waals surface area contributed by atoms with Crippen molar-refractivity contribution in [2.24, 2.45) is 0 Å². The summed E-state index contributed by atoms with van der Waals surface area (Å²) in [6.07, 6.45) is 0. The van der Waals surface area contributed by atoms with Gasteiger partial charge in [-0.05, 0) is 120 Å². The van der Waals surface area contributed by atoms with Gasteiger partial charge in [-0.3, -0.25) is 0 Å². The summed E-state index contributed by atoms with van der Waals surface area (Å²) in [5.41, 5.74) is 15.1. The van der Waals surface area contributed by atoms with E-state index in [1.165, 1.54) is 54.1 Å². The molecule has 0 spiro atoms. The molecule has 1 aromatic heterocycles. The molecule has 3 heteroatoms. The van der Waals surface area contributed by atoms with E-state index in [0.29, 0.717) is 0 Å². The second-order valence-electron chi connectivity index (χ2n) is 18.1. The summed E-state index contributed by atoms with van der Waals surface area (Å²) in [6, 6.07) is 91.6. The Kier molecular flexibility index (Phi) is 9.55. The summed E-state index contributed by atoms with van der Waals surface area (Å²) in [5, 5.41) is 7.76. The normalized spacial score (nSPS) is 12.8. The van der Waals surface area contributed by atoms with Gasteiger partial charge in [-0.25, -0.2) is 0 Å². The predicted molar refractivity (Wildman–Crippen MR) is 280 cm³/mol. The molecule has 0 amide bonds. The summed E-state index contributed by atoms with van der Waals surface area (Å²) in [5.74, 6) is 0. The molecule has 1 aliphatic carbocycles. The maximum absolute atomic E-state index is 6.16. The first-order valence-electron chi connectivity index (χ1n) is 22.9. The Balaban J connectivity index is 0.930.